The van der Waals surface area contributed by atoms with Crippen molar-refractivity contribution < 1.29 is 38.2 Å². The van der Waals surface area contributed by atoms with Crippen LogP contribution >= 0.6 is 0 Å². The van der Waals surface area contributed by atoms with E-state index in [0.717, 1.165) is 57.8 Å². The number of carboxylic acid groups (broad SMARTS) is 1. The SMILES string of the molecule is CC/C=C/C/C=C/C/C=C/C/C=C/CCCCCCCCCCCCC(=O)OCC(COCCC(C(=O)[O-])[N+](C)(C)C)OC(=O)CCC/C=C/CCCCCC. The van der Waals surface area contributed by atoms with Crippen LogP contribution in [-0.4, -0.2) is 75.5 Å². The standard InChI is InChI=1S/C48H83NO7/c1-6-8-10-12-14-16-17-18-19-20-21-22-23-24-25-26-27-28-29-31-32-34-36-38-46(50)55-43-44(42-54-41-40-45(48(52)53)49(3,4)5)56-47(51)39-37-35-33-30-15-13-11-9-7-2/h8,10,14,16,18-19,21-22,30,33,44-45H,6-7,9,11-13,15,17,20,23-29,31-32,34-43H2,1-5H3/b10-8+,16-14+,19-18+,22-21+,33-30+. The fraction of sp³-hybridized carbons (Fsp3) is 0.729. The van der Waals surface area contributed by atoms with Crippen LogP contribution in [0.15, 0.2) is 60.8 Å². The van der Waals surface area contributed by atoms with Crippen LogP contribution in [0.2, 0.25) is 0 Å². The van der Waals surface area contributed by atoms with Gasteiger partial charge < -0.3 is 28.6 Å². The molecule has 2 atom stereocenters. The Morgan fingerprint density at radius 3 is 1.55 bits per heavy atom. The number of ether oxygens (including phenoxy) is 3. The Balaban J connectivity index is 4.20. The number of esters is 2. The molecule has 2 unspecified atom stereocenters. The van der Waals surface area contributed by atoms with Crippen LogP contribution in [0.4, 0.5) is 0 Å². The number of likely N-dealkylation sites (N-methyl/N-ethyl adjacent to an activating group) is 1. The number of unbranched alkanes of at least 4 members (excludes halogenated alkanes) is 15. The lowest BCUT2D eigenvalue weighted by atomic mass is 10.1. The van der Waals surface area contributed by atoms with Gasteiger partial charge in [-0.05, 0) is 70.6 Å². The Morgan fingerprint density at radius 1 is 0.554 bits per heavy atom. The smallest absolute Gasteiger partial charge is 0.306 e. The van der Waals surface area contributed by atoms with Crippen molar-refractivity contribution in [3.63, 3.8) is 0 Å². The van der Waals surface area contributed by atoms with E-state index in [-0.39, 0.29) is 49.1 Å². The number of carbonyl (C=O) groups is 3. The van der Waals surface area contributed by atoms with E-state index in [4.69, 9.17) is 14.2 Å². The fourth-order valence-corrected chi connectivity index (χ4v) is 6.18. The summed E-state index contributed by atoms with van der Waals surface area (Å²) in [6.45, 7) is 4.47. The Bertz CT molecular complexity index is 1100. The minimum atomic E-state index is -1.13. The summed E-state index contributed by atoms with van der Waals surface area (Å²) in [6.07, 6.45) is 46.9. The van der Waals surface area contributed by atoms with Crippen LogP contribution in [-0.2, 0) is 28.6 Å². The number of aliphatic carboxylic acids is 1. The number of hydrogen-bond acceptors (Lipinski definition) is 7. The molecule has 0 spiro atoms. The van der Waals surface area contributed by atoms with Crippen molar-refractivity contribution >= 4 is 17.9 Å². The second-order valence-corrected chi connectivity index (χ2v) is 15.9. The van der Waals surface area contributed by atoms with Crippen LogP contribution in [0.5, 0.6) is 0 Å². The summed E-state index contributed by atoms with van der Waals surface area (Å²) in [5, 5.41) is 11.6. The number of carboxylic acids is 1. The van der Waals surface area contributed by atoms with E-state index < -0.39 is 18.1 Å². The first-order valence-electron chi connectivity index (χ1n) is 22.3. The molecule has 0 amide bonds. The highest BCUT2D eigenvalue weighted by molar-refractivity contribution is 5.70. The van der Waals surface area contributed by atoms with Gasteiger partial charge >= 0.3 is 11.9 Å². The zero-order chi connectivity index (χ0) is 41.4. The molecule has 0 aromatic heterocycles. The molecule has 8 heteroatoms. The van der Waals surface area contributed by atoms with Gasteiger partial charge in [-0.15, -0.1) is 0 Å². The molecule has 0 fully saturated rings. The lowest BCUT2D eigenvalue weighted by Crippen LogP contribution is -2.55. The topological polar surface area (TPSA) is 102 Å². The summed E-state index contributed by atoms with van der Waals surface area (Å²) in [5.74, 6) is -1.79. The third-order valence-corrected chi connectivity index (χ3v) is 9.64. The van der Waals surface area contributed by atoms with Gasteiger partial charge in [-0.2, -0.15) is 0 Å². The first kappa shape index (κ1) is 53.0. The van der Waals surface area contributed by atoms with Crippen molar-refractivity contribution in [3.05, 3.63) is 60.8 Å². The van der Waals surface area contributed by atoms with Gasteiger partial charge in [0.2, 0.25) is 0 Å². The van der Waals surface area contributed by atoms with Crippen molar-refractivity contribution in [1.82, 2.24) is 0 Å². The molecule has 0 heterocycles. The number of hydrogen-bond donors (Lipinski definition) is 0. The maximum Gasteiger partial charge on any atom is 0.306 e. The molecule has 0 saturated carbocycles. The quantitative estimate of drug-likeness (QED) is 0.0265. The first-order chi connectivity index (χ1) is 27.1. The highest BCUT2D eigenvalue weighted by atomic mass is 16.6. The van der Waals surface area contributed by atoms with E-state index in [0.29, 0.717) is 12.8 Å². The zero-order valence-electron chi connectivity index (χ0n) is 36.5. The lowest BCUT2D eigenvalue weighted by molar-refractivity contribution is -0.889. The molecule has 322 valence electrons. The van der Waals surface area contributed by atoms with Crippen LogP contribution in [0.1, 0.15) is 174 Å². The number of nitrogens with zero attached hydrogens (tertiary/aromatic N) is 1. The second kappa shape index (κ2) is 38.9. The maximum atomic E-state index is 12.6. The Labute approximate surface area is 343 Å². The monoisotopic (exact) mass is 786 g/mol. The number of rotatable bonds is 39. The number of allylic oxidation sites excluding steroid dienone is 10. The van der Waals surface area contributed by atoms with Crippen LogP contribution in [0.25, 0.3) is 0 Å². The van der Waals surface area contributed by atoms with Crippen molar-refractivity contribution in [2.24, 2.45) is 0 Å². The first-order valence-corrected chi connectivity index (χ1v) is 22.3. The molecule has 56 heavy (non-hydrogen) atoms. The molecule has 0 bridgehead atoms. The predicted octanol–water partition coefficient (Wildman–Crippen LogP) is 10.9. The largest absolute Gasteiger partial charge is 0.544 e. The molecular formula is C48H83NO7. The lowest BCUT2D eigenvalue weighted by Gasteiger charge is -2.34. The van der Waals surface area contributed by atoms with Gasteiger partial charge in [0.25, 0.3) is 0 Å². The van der Waals surface area contributed by atoms with E-state index in [1.165, 1.54) is 77.0 Å². The predicted molar refractivity (Wildman–Crippen MR) is 231 cm³/mol. The third-order valence-electron chi connectivity index (χ3n) is 9.64. The van der Waals surface area contributed by atoms with Gasteiger partial charge in [0, 0.05) is 19.3 Å². The minimum absolute atomic E-state index is 0.0267. The van der Waals surface area contributed by atoms with Gasteiger partial charge in [-0.1, -0.05) is 145 Å². The molecule has 0 rings (SSSR count). The highest BCUT2D eigenvalue weighted by Gasteiger charge is 2.25. The third kappa shape index (κ3) is 36.7. The number of carbonyl (C=O) groups excluding carboxylic acids is 3. The maximum absolute atomic E-state index is 12.6. The van der Waals surface area contributed by atoms with Crippen molar-refractivity contribution in [2.75, 3.05) is 41.0 Å². The average Bonchev–Trinajstić information content (AvgIpc) is 3.15. The highest BCUT2D eigenvalue weighted by Crippen LogP contribution is 2.14. The van der Waals surface area contributed by atoms with E-state index in [2.05, 4.69) is 74.6 Å². The summed E-state index contributed by atoms with van der Waals surface area (Å²) in [6, 6.07) is -0.731. The molecular weight excluding hydrogens is 703 g/mol. The van der Waals surface area contributed by atoms with Gasteiger partial charge in [0.05, 0.1) is 40.3 Å². The van der Waals surface area contributed by atoms with Crippen molar-refractivity contribution in [1.29, 1.82) is 0 Å². The molecule has 0 aromatic rings. The molecule has 8 nitrogen and oxygen atoms in total. The van der Waals surface area contributed by atoms with E-state index >= 15 is 0 Å². The molecule has 0 radical (unpaired) electrons. The second-order valence-electron chi connectivity index (χ2n) is 15.9. The molecule has 0 saturated heterocycles. The fourth-order valence-electron chi connectivity index (χ4n) is 6.18. The van der Waals surface area contributed by atoms with Crippen LogP contribution in [0, 0.1) is 0 Å². The van der Waals surface area contributed by atoms with E-state index in [1.54, 1.807) is 21.1 Å². The normalized spacial score (nSPS) is 13.5. The zero-order valence-corrected chi connectivity index (χ0v) is 36.5. The molecule has 0 aliphatic rings. The Hall–Kier alpha value is -2.97. The number of quaternary nitrogens is 1. The molecule has 0 aromatic carbocycles. The molecule has 0 aliphatic carbocycles. The van der Waals surface area contributed by atoms with Gasteiger partial charge in [-0.3, -0.25) is 9.59 Å². The average molecular weight is 786 g/mol. The summed E-state index contributed by atoms with van der Waals surface area (Å²) in [5.41, 5.74) is 0. The van der Waals surface area contributed by atoms with Gasteiger partial charge in [0.1, 0.15) is 12.6 Å². The van der Waals surface area contributed by atoms with Crippen LogP contribution < -0.4 is 5.11 Å². The van der Waals surface area contributed by atoms with Crippen molar-refractivity contribution in [2.45, 2.75) is 187 Å². The summed E-state index contributed by atoms with van der Waals surface area (Å²) in [4.78, 5) is 36.7. The molecule has 0 aliphatic heterocycles. The molecule has 0 N–H and O–H groups in total. The van der Waals surface area contributed by atoms with Crippen LogP contribution in [0.3, 0.4) is 0 Å². The summed E-state index contributed by atoms with van der Waals surface area (Å²) >= 11 is 0. The van der Waals surface area contributed by atoms with Gasteiger partial charge in [0.15, 0.2) is 6.10 Å². The van der Waals surface area contributed by atoms with E-state index in [9.17, 15) is 19.5 Å². The summed E-state index contributed by atoms with van der Waals surface area (Å²) in [7, 11) is 5.39. The summed E-state index contributed by atoms with van der Waals surface area (Å²) < 4.78 is 17.1. The Kier molecular flexibility index (Phi) is 36.8. The Morgan fingerprint density at radius 2 is 1.02 bits per heavy atom. The van der Waals surface area contributed by atoms with E-state index in [1.807, 2.05) is 0 Å². The van der Waals surface area contributed by atoms with Crippen molar-refractivity contribution in [3.8, 4) is 0 Å². The minimum Gasteiger partial charge on any atom is -0.544 e. The van der Waals surface area contributed by atoms with Gasteiger partial charge in [-0.25, -0.2) is 0 Å².